The van der Waals surface area contributed by atoms with E-state index in [-0.39, 0.29) is 6.04 Å². The normalized spacial score (nSPS) is 13.2. The van der Waals surface area contributed by atoms with Gasteiger partial charge in [-0.2, -0.15) is 10.2 Å². The fourth-order valence-electron chi connectivity index (χ4n) is 2.22. The highest BCUT2D eigenvalue weighted by Crippen LogP contribution is 2.26. The van der Waals surface area contributed by atoms with Crippen molar-refractivity contribution in [3.63, 3.8) is 0 Å². The lowest BCUT2D eigenvalue weighted by molar-refractivity contribution is 0.367. The SMILES string of the molecule is Cc1cc(C(N)c2c(Cl)cnn2CCN(C)C)n(C)n1. The van der Waals surface area contributed by atoms with Crippen LogP contribution in [0.25, 0.3) is 0 Å². The van der Waals surface area contributed by atoms with Crippen LogP contribution in [-0.2, 0) is 13.6 Å². The van der Waals surface area contributed by atoms with E-state index < -0.39 is 0 Å². The molecule has 0 radical (unpaired) electrons. The van der Waals surface area contributed by atoms with Gasteiger partial charge in [-0.25, -0.2) is 0 Å². The van der Waals surface area contributed by atoms with Crippen molar-refractivity contribution in [2.75, 3.05) is 20.6 Å². The molecule has 6 nitrogen and oxygen atoms in total. The Morgan fingerprint density at radius 2 is 2.15 bits per heavy atom. The molecule has 7 heteroatoms. The second-order valence-corrected chi connectivity index (χ2v) is 5.62. The minimum atomic E-state index is -0.335. The molecule has 0 aromatic carbocycles. The summed E-state index contributed by atoms with van der Waals surface area (Å²) in [5.41, 5.74) is 9.06. The third-order valence-corrected chi connectivity index (χ3v) is 3.53. The molecule has 0 bridgehead atoms. The van der Waals surface area contributed by atoms with Gasteiger partial charge in [0.15, 0.2) is 0 Å². The molecule has 0 spiro atoms. The molecule has 2 aromatic rings. The summed E-state index contributed by atoms with van der Waals surface area (Å²) in [6.07, 6.45) is 1.65. The van der Waals surface area contributed by atoms with Crippen LogP contribution in [0.3, 0.4) is 0 Å². The first-order valence-electron chi connectivity index (χ1n) is 6.52. The molecule has 2 rings (SSSR count). The fourth-order valence-corrected chi connectivity index (χ4v) is 2.47. The summed E-state index contributed by atoms with van der Waals surface area (Å²) in [6, 6.07) is 1.64. The van der Waals surface area contributed by atoms with Crippen molar-refractivity contribution in [3.8, 4) is 0 Å². The highest BCUT2D eigenvalue weighted by molar-refractivity contribution is 6.31. The van der Waals surface area contributed by atoms with Gasteiger partial charge in [-0.15, -0.1) is 0 Å². The topological polar surface area (TPSA) is 64.9 Å². The lowest BCUT2D eigenvalue weighted by Gasteiger charge is -2.17. The monoisotopic (exact) mass is 296 g/mol. The van der Waals surface area contributed by atoms with Gasteiger partial charge in [0.05, 0.1) is 40.9 Å². The number of nitrogens with zero attached hydrogens (tertiary/aromatic N) is 5. The van der Waals surface area contributed by atoms with Crippen molar-refractivity contribution < 1.29 is 0 Å². The summed E-state index contributed by atoms with van der Waals surface area (Å²) in [4.78, 5) is 2.10. The van der Waals surface area contributed by atoms with Gasteiger partial charge in [0.1, 0.15) is 0 Å². The van der Waals surface area contributed by atoms with E-state index in [0.717, 1.165) is 30.2 Å². The zero-order valence-corrected chi connectivity index (χ0v) is 13.1. The zero-order chi connectivity index (χ0) is 14.9. The first-order chi connectivity index (χ1) is 9.40. The third-order valence-electron chi connectivity index (χ3n) is 3.24. The van der Waals surface area contributed by atoms with Crippen molar-refractivity contribution in [1.82, 2.24) is 24.5 Å². The summed E-state index contributed by atoms with van der Waals surface area (Å²) >= 11 is 6.26. The highest BCUT2D eigenvalue weighted by atomic mass is 35.5. The van der Waals surface area contributed by atoms with Crippen LogP contribution in [0.2, 0.25) is 5.02 Å². The van der Waals surface area contributed by atoms with Crippen LogP contribution in [0.1, 0.15) is 23.1 Å². The van der Waals surface area contributed by atoms with Crippen LogP contribution >= 0.6 is 11.6 Å². The molecule has 110 valence electrons. The van der Waals surface area contributed by atoms with Crippen molar-refractivity contribution in [2.45, 2.75) is 19.5 Å². The van der Waals surface area contributed by atoms with Gasteiger partial charge in [0.25, 0.3) is 0 Å². The number of likely N-dealkylation sites (N-methyl/N-ethyl adjacent to an activating group) is 1. The molecule has 0 fully saturated rings. The van der Waals surface area contributed by atoms with E-state index in [1.54, 1.807) is 10.9 Å². The van der Waals surface area contributed by atoms with Crippen molar-refractivity contribution in [2.24, 2.45) is 12.8 Å². The lowest BCUT2D eigenvalue weighted by Crippen LogP contribution is -2.24. The Morgan fingerprint density at radius 3 is 2.70 bits per heavy atom. The van der Waals surface area contributed by atoms with Gasteiger partial charge in [-0.1, -0.05) is 11.6 Å². The molecule has 0 aliphatic rings. The maximum Gasteiger partial charge on any atom is 0.0909 e. The van der Waals surface area contributed by atoms with E-state index >= 15 is 0 Å². The van der Waals surface area contributed by atoms with E-state index in [1.807, 2.05) is 38.8 Å². The van der Waals surface area contributed by atoms with E-state index in [0.29, 0.717) is 5.02 Å². The second kappa shape index (κ2) is 5.95. The quantitative estimate of drug-likeness (QED) is 0.900. The van der Waals surface area contributed by atoms with Crippen molar-refractivity contribution in [1.29, 1.82) is 0 Å². The minimum Gasteiger partial charge on any atom is -0.318 e. The van der Waals surface area contributed by atoms with Gasteiger partial charge in [0, 0.05) is 13.6 Å². The van der Waals surface area contributed by atoms with Crippen LogP contribution in [0.4, 0.5) is 0 Å². The first kappa shape index (κ1) is 15.0. The Balaban J connectivity index is 2.31. The van der Waals surface area contributed by atoms with Crippen LogP contribution in [0.15, 0.2) is 12.3 Å². The van der Waals surface area contributed by atoms with Crippen LogP contribution in [-0.4, -0.2) is 45.1 Å². The van der Waals surface area contributed by atoms with Crippen LogP contribution in [0, 0.1) is 6.92 Å². The van der Waals surface area contributed by atoms with E-state index in [4.69, 9.17) is 17.3 Å². The Bertz CT molecular complexity index is 586. The minimum absolute atomic E-state index is 0.335. The Hall–Kier alpha value is -1.37. The molecular weight excluding hydrogens is 276 g/mol. The van der Waals surface area contributed by atoms with Crippen LogP contribution in [0.5, 0.6) is 0 Å². The maximum atomic E-state index is 6.36. The average Bonchev–Trinajstić information content (AvgIpc) is 2.89. The van der Waals surface area contributed by atoms with Crippen molar-refractivity contribution >= 4 is 11.6 Å². The summed E-state index contributed by atoms with van der Waals surface area (Å²) < 4.78 is 3.66. The fraction of sp³-hybridized carbons (Fsp3) is 0.538. The molecule has 0 aliphatic carbocycles. The summed E-state index contributed by atoms with van der Waals surface area (Å²) in [6.45, 7) is 3.57. The Morgan fingerprint density at radius 1 is 1.45 bits per heavy atom. The zero-order valence-electron chi connectivity index (χ0n) is 12.3. The van der Waals surface area contributed by atoms with Gasteiger partial charge < -0.3 is 10.6 Å². The number of rotatable bonds is 5. The molecule has 2 heterocycles. The summed E-state index contributed by atoms with van der Waals surface area (Å²) in [7, 11) is 5.93. The lowest BCUT2D eigenvalue weighted by atomic mass is 10.1. The predicted molar refractivity (Wildman–Crippen MR) is 79.8 cm³/mol. The molecular formula is C13H21ClN6. The number of nitrogens with two attached hydrogens (primary N) is 1. The predicted octanol–water partition coefficient (Wildman–Crippen LogP) is 1.19. The number of hydrogen-bond acceptors (Lipinski definition) is 4. The molecule has 20 heavy (non-hydrogen) atoms. The molecule has 2 N–H and O–H groups in total. The summed E-state index contributed by atoms with van der Waals surface area (Å²) in [5, 5.41) is 9.24. The highest BCUT2D eigenvalue weighted by Gasteiger charge is 2.21. The van der Waals surface area contributed by atoms with Crippen LogP contribution < -0.4 is 5.73 Å². The smallest absolute Gasteiger partial charge is 0.0909 e. The number of aryl methyl sites for hydroxylation is 2. The Labute approximate surface area is 124 Å². The van der Waals surface area contributed by atoms with Gasteiger partial charge >= 0.3 is 0 Å². The molecule has 1 atom stereocenters. The summed E-state index contributed by atoms with van der Waals surface area (Å²) in [5.74, 6) is 0. The third kappa shape index (κ3) is 3.03. The first-order valence-corrected chi connectivity index (χ1v) is 6.90. The van der Waals surface area contributed by atoms with E-state index in [1.165, 1.54) is 0 Å². The maximum absolute atomic E-state index is 6.36. The molecule has 0 aliphatic heterocycles. The molecule has 0 saturated heterocycles. The molecule has 0 amide bonds. The van der Waals surface area contributed by atoms with Crippen molar-refractivity contribution in [3.05, 3.63) is 34.4 Å². The van der Waals surface area contributed by atoms with Gasteiger partial charge in [-0.3, -0.25) is 9.36 Å². The molecule has 0 saturated carbocycles. The standard InChI is InChI=1S/C13H21ClN6/c1-9-7-11(19(4)17-9)12(15)13-10(14)8-16-20(13)6-5-18(2)3/h7-8,12H,5-6,15H2,1-4H3. The number of aromatic nitrogens is 4. The Kier molecular flexibility index (Phi) is 4.47. The number of hydrogen-bond donors (Lipinski definition) is 1. The number of halogens is 1. The van der Waals surface area contributed by atoms with E-state index in [9.17, 15) is 0 Å². The van der Waals surface area contributed by atoms with Gasteiger partial charge in [-0.05, 0) is 27.1 Å². The average molecular weight is 297 g/mol. The largest absolute Gasteiger partial charge is 0.318 e. The molecule has 1 unspecified atom stereocenters. The van der Waals surface area contributed by atoms with E-state index in [2.05, 4.69) is 15.1 Å². The van der Waals surface area contributed by atoms with Gasteiger partial charge in [0.2, 0.25) is 0 Å². The molecule has 2 aromatic heterocycles. The second-order valence-electron chi connectivity index (χ2n) is 5.22.